The number of rotatable bonds is 2. The molecule has 3 heterocycles. The van der Waals surface area contributed by atoms with Gasteiger partial charge in [0.15, 0.2) is 0 Å². The normalized spacial score (nSPS) is 15.6. The van der Waals surface area contributed by atoms with Crippen LogP contribution in [0.3, 0.4) is 0 Å². The first-order chi connectivity index (χ1) is 21.4. The van der Waals surface area contributed by atoms with Gasteiger partial charge in [0.1, 0.15) is 0 Å². The van der Waals surface area contributed by atoms with Crippen molar-refractivity contribution < 1.29 is 0 Å². The highest BCUT2D eigenvalue weighted by molar-refractivity contribution is 6.12. The minimum Gasteiger partial charge on any atom is -0.310 e. The molecule has 0 bridgehead atoms. The van der Waals surface area contributed by atoms with Crippen LogP contribution in [-0.4, -0.2) is 4.57 Å². The van der Waals surface area contributed by atoms with Crippen molar-refractivity contribution in [3.05, 3.63) is 156 Å². The number of anilines is 3. The molecule has 212 valence electrons. The van der Waals surface area contributed by atoms with Gasteiger partial charge in [-0.25, -0.2) is 0 Å². The fourth-order valence-corrected chi connectivity index (χ4v) is 8.10. The average molecular weight is 567 g/mol. The van der Waals surface area contributed by atoms with Crippen LogP contribution >= 0.6 is 0 Å². The topological polar surface area (TPSA) is 8.17 Å². The number of para-hydroxylation sites is 4. The van der Waals surface area contributed by atoms with Crippen LogP contribution in [0.4, 0.5) is 17.1 Å². The van der Waals surface area contributed by atoms with Crippen LogP contribution in [0, 0.1) is 0 Å². The molecule has 0 aliphatic carbocycles. The molecule has 0 saturated heterocycles. The zero-order valence-electron chi connectivity index (χ0n) is 25.6. The molecule has 0 N–H and O–H groups in total. The van der Waals surface area contributed by atoms with E-state index in [0.717, 1.165) is 0 Å². The fraction of sp³-hybridized carbons (Fsp3) is 0.143. The lowest BCUT2D eigenvalue weighted by atomic mass is 9.73. The van der Waals surface area contributed by atoms with Crippen molar-refractivity contribution in [2.75, 3.05) is 4.90 Å². The van der Waals surface area contributed by atoms with E-state index in [0.29, 0.717) is 0 Å². The largest absolute Gasteiger partial charge is 0.310 e. The van der Waals surface area contributed by atoms with Crippen molar-refractivity contribution >= 4 is 38.9 Å². The summed E-state index contributed by atoms with van der Waals surface area (Å²) in [6, 6.07) is 49.5. The van der Waals surface area contributed by atoms with Gasteiger partial charge in [0.2, 0.25) is 0 Å². The van der Waals surface area contributed by atoms with E-state index in [1.54, 1.807) is 0 Å². The molecule has 44 heavy (non-hydrogen) atoms. The van der Waals surface area contributed by atoms with Crippen LogP contribution in [0.5, 0.6) is 0 Å². The number of fused-ring (bicyclic) bond motifs is 7. The summed E-state index contributed by atoms with van der Waals surface area (Å²) in [6.45, 7) is 9.43. The minimum atomic E-state index is -0.112. The van der Waals surface area contributed by atoms with Gasteiger partial charge in [0.25, 0.3) is 0 Å². The molecule has 7 aromatic rings. The predicted molar refractivity (Wildman–Crippen MR) is 185 cm³/mol. The van der Waals surface area contributed by atoms with Gasteiger partial charge in [-0.2, -0.15) is 0 Å². The van der Waals surface area contributed by atoms with Crippen molar-refractivity contribution in [3.8, 4) is 16.8 Å². The van der Waals surface area contributed by atoms with E-state index in [1.165, 1.54) is 77.9 Å². The summed E-state index contributed by atoms with van der Waals surface area (Å²) >= 11 is 0. The van der Waals surface area contributed by atoms with Crippen LogP contribution < -0.4 is 4.90 Å². The van der Waals surface area contributed by atoms with Gasteiger partial charge >= 0.3 is 0 Å². The maximum Gasteiger partial charge on any atom is 0.0582 e. The highest BCUT2D eigenvalue weighted by Gasteiger charge is 2.37. The summed E-state index contributed by atoms with van der Waals surface area (Å²) in [5.41, 5.74) is 15.3. The van der Waals surface area contributed by atoms with E-state index in [-0.39, 0.29) is 10.8 Å². The molecule has 9 rings (SSSR count). The van der Waals surface area contributed by atoms with Gasteiger partial charge in [-0.1, -0.05) is 119 Å². The molecule has 6 aromatic carbocycles. The third-order valence-corrected chi connectivity index (χ3v) is 10.4. The molecule has 2 heteroatoms. The maximum absolute atomic E-state index is 2.49. The quantitative estimate of drug-likeness (QED) is 0.202. The van der Waals surface area contributed by atoms with E-state index in [4.69, 9.17) is 0 Å². The summed E-state index contributed by atoms with van der Waals surface area (Å²) < 4.78 is 2.49. The molecular formula is C42H34N2. The van der Waals surface area contributed by atoms with Gasteiger partial charge in [-0.3, -0.25) is 0 Å². The van der Waals surface area contributed by atoms with E-state index in [2.05, 4.69) is 171 Å². The summed E-state index contributed by atoms with van der Waals surface area (Å²) in [5.74, 6) is 0. The second kappa shape index (κ2) is 8.74. The van der Waals surface area contributed by atoms with Crippen LogP contribution in [0.25, 0.3) is 38.6 Å². The Morgan fingerprint density at radius 3 is 1.82 bits per heavy atom. The molecule has 2 nitrogen and oxygen atoms in total. The Morgan fingerprint density at radius 1 is 0.432 bits per heavy atom. The summed E-state index contributed by atoms with van der Waals surface area (Å²) in [7, 11) is 0. The standard InChI is InChI=1S/C42H34N2/c1-41(2)32-16-8-10-19-37(32)43(29-13-6-5-7-14-29)39-26-28(21-23-34(39)41)27-22-24-36-31(25-27)30-15-12-18-35-40(30)44(36)38-20-11-9-17-33(38)42(35,3)4/h5-26H,1-4H3. The van der Waals surface area contributed by atoms with Crippen LogP contribution in [0.15, 0.2) is 133 Å². The van der Waals surface area contributed by atoms with Crippen molar-refractivity contribution in [3.63, 3.8) is 0 Å². The number of hydrogen-bond acceptors (Lipinski definition) is 1. The van der Waals surface area contributed by atoms with Gasteiger partial charge in [0.05, 0.1) is 28.1 Å². The zero-order valence-corrected chi connectivity index (χ0v) is 25.6. The molecule has 0 unspecified atom stereocenters. The SMILES string of the molecule is CC1(C)c2ccccc2N(c2ccccc2)c2cc(-c3ccc4c(c3)c3cccc5c3n4-c3ccccc3C5(C)C)ccc21. The number of aromatic nitrogens is 1. The molecule has 0 saturated carbocycles. The third-order valence-electron chi connectivity index (χ3n) is 10.4. The lowest BCUT2D eigenvalue weighted by Gasteiger charge is -2.42. The van der Waals surface area contributed by atoms with E-state index < -0.39 is 0 Å². The van der Waals surface area contributed by atoms with E-state index >= 15 is 0 Å². The fourth-order valence-electron chi connectivity index (χ4n) is 8.10. The molecule has 0 atom stereocenters. The number of nitrogens with zero attached hydrogens (tertiary/aromatic N) is 2. The number of benzene rings is 6. The van der Waals surface area contributed by atoms with E-state index in [1.807, 2.05) is 0 Å². The van der Waals surface area contributed by atoms with Crippen LogP contribution in [0.1, 0.15) is 49.9 Å². The van der Waals surface area contributed by atoms with Crippen molar-refractivity contribution in [2.45, 2.75) is 38.5 Å². The highest BCUT2D eigenvalue weighted by Crippen LogP contribution is 2.53. The van der Waals surface area contributed by atoms with Gasteiger partial charge < -0.3 is 9.47 Å². The molecule has 2 aliphatic heterocycles. The second-order valence-electron chi connectivity index (χ2n) is 13.5. The molecule has 0 radical (unpaired) electrons. The second-order valence-corrected chi connectivity index (χ2v) is 13.5. The lowest BCUT2D eigenvalue weighted by molar-refractivity contribution is 0.630. The first kappa shape index (κ1) is 25.4. The van der Waals surface area contributed by atoms with Crippen molar-refractivity contribution in [2.24, 2.45) is 0 Å². The first-order valence-electron chi connectivity index (χ1n) is 15.6. The predicted octanol–water partition coefficient (Wildman–Crippen LogP) is 11.2. The van der Waals surface area contributed by atoms with E-state index in [9.17, 15) is 0 Å². The van der Waals surface area contributed by atoms with Gasteiger partial charge in [-0.15, -0.1) is 0 Å². The average Bonchev–Trinajstić information content (AvgIpc) is 3.38. The third kappa shape index (κ3) is 3.26. The van der Waals surface area contributed by atoms with Crippen LogP contribution in [-0.2, 0) is 10.8 Å². The first-order valence-corrected chi connectivity index (χ1v) is 15.6. The lowest BCUT2D eigenvalue weighted by Crippen LogP contribution is -2.30. The Morgan fingerprint density at radius 2 is 1.02 bits per heavy atom. The summed E-state index contributed by atoms with van der Waals surface area (Å²) in [6.07, 6.45) is 0. The monoisotopic (exact) mass is 566 g/mol. The van der Waals surface area contributed by atoms with Crippen molar-refractivity contribution in [1.82, 2.24) is 4.57 Å². The molecule has 1 aromatic heterocycles. The Balaban J connectivity index is 1.28. The van der Waals surface area contributed by atoms with Crippen molar-refractivity contribution in [1.29, 1.82) is 0 Å². The van der Waals surface area contributed by atoms with Gasteiger partial charge in [0, 0.05) is 27.3 Å². The van der Waals surface area contributed by atoms with Gasteiger partial charge in [-0.05, 0) is 75.8 Å². The highest BCUT2D eigenvalue weighted by atomic mass is 15.2. The summed E-state index contributed by atoms with van der Waals surface area (Å²) in [5, 5.41) is 2.62. The minimum absolute atomic E-state index is 0.0637. The Hall–Kier alpha value is -5.08. The zero-order chi connectivity index (χ0) is 29.8. The molecule has 0 amide bonds. The molecule has 2 aliphatic rings. The van der Waals surface area contributed by atoms with Crippen LogP contribution in [0.2, 0.25) is 0 Å². The molecule has 0 spiro atoms. The number of hydrogen-bond donors (Lipinski definition) is 0. The Kier molecular flexibility index (Phi) is 5.05. The molecular weight excluding hydrogens is 532 g/mol. The summed E-state index contributed by atoms with van der Waals surface area (Å²) in [4.78, 5) is 2.44. The Bertz CT molecular complexity index is 2280. The molecule has 0 fully saturated rings. The smallest absolute Gasteiger partial charge is 0.0582 e. The Labute approximate surface area is 258 Å². The maximum atomic E-state index is 2.49.